The van der Waals surface area contributed by atoms with Crippen LogP contribution in [0.5, 0.6) is 17.2 Å². The van der Waals surface area contributed by atoms with Gasteiger partial charge < -0.3 is 23.7 Å². The van der Waals surface area contributed by atoms with Crippen LogP contribution >= 0.6 is 0 Å². The highest BCUT2D eigenvalue weighted by molar-refractivity contribution is 5.82. The van der Waals surface area contributed by atoms with Gasteiger partial charge in [-0.25, -0.2) is 0 Å². The fraction of sp³-hybridized carbons (Fsp3) is 0.129. The molecule has 1 aromatic heterocycles. The lowest BCUT2D eigenvalue weighted by Gasteiger charge is -2.16. The van der Waals surface area contributed by atoms with Crippen molar-refractivity contribution in [3.63, 3.8) is 0 Å². The number of fused-ring (bicyclic) bond motifs is 1. The average Bonchev–Trinajstić information content (AvgIpc) is 2.93. The Morgan fingerprint density at radius 2 is 1.35 bits per heavy atom. The predicted molar refractivity (Wildman–Crippen MR) is 142 cm³/mol. The summed E-state index contributed by atoms with van der Waals surface area (Å²) >= 11 is 0. The molecule has 0 saturated carbocycles. The van der Waals surface area contributed by atoms with Crippen LogP contribution in [-0.2, 0) is 13.2 Å². The van der Waals surface area contributed by atoms with Gasteiger partial charge in [0.2, 0.25) is 11.2 Å². The van der Waals surface area contributed by atoms with Crippen LogP contribution < -0.4 is 19.6 Å². The van der Waals surface area contributed by atoms with Crippen LogP contribution in [0.2, 0.25) is 0 Å². The van der Waals surface area contributed by atoms with Crippen LogP contribution in [0.1, 0.15) is 18.1 Å². The summed E-state index contributed by atoms with van der Waals surface area (Å²) in [7, 11) is 0. The monoisotopic (exact) mass is 494 g/mol. The normalized spacial score (nSPS) is 11.7. The molecule has 0 saturated heterocycles. The van der Waals surface area contributed by atoms with Crippen molar-refractivity contribution in [2.75, 3.05) is 0 Å². The smallest absolute Gasteiger partial charge is 0.235 e. The van der Waals surface area contributed by atoms with Crippen LogP contribution in [0.3, 0.4) is 0 Å². The molecule has 0 aliphatic carbocycles. The number of hydrogen-bond donors (Lipinski definition) is 1. The molecule has 1 atom stereocenters. The van der Waals surface area contributed by atoms with Crippen molar-refractivity contribution in [1.29, 1.82) is 0 Å². The molecule has 1 heterocycles. The zero-order chi connectivity index (χ0) is 25.6. The zero-order valence-corrected chi connectivity index (χ0v) is 20.3. The Labute approximate surface area is 214 Å². The summed E-state index contributed by atoms with van der Waals surface area (Å²) in [5, 5.41) is 10.3. The first-order valence-corrected chi connectivity index (χ1v) is 12.0. The summed E-state index contributed by atoms with van der Waals surface area (Å²) in [4.78, 5) is 13.2. The van der Waals surface area contributed by atoms with Gasteiger partial charge in [-0.1, -0.05) is 72.8 Å². The van der Waals surface area contributed by atoms with Crippen molar-refractivity contribution >= 4 is 11.0 Å². The molecule has 5 aromatic rings. The molecule has 1 N–H and O–H groups in total. The summed E-state index contributed by atoms with van der Waals surface area (Å²) < 4.78 is 23.9. The molecule has 6 nitrogen and oxygen atoms in total. The van der Waals surface area contributed by atoms with Gasteiger partial charge in [-0.3, -0.25) is 4.79 Å². The van der Waals surface area contributed by atoms with Crippen LogP contribution in [0.4, 0.5) is 0 Å². The molecule has 0 aliphatic heterocycles. The number of rotatable bonds is 9. The van der Waals surface area contributed by atoms with Crippen LogP contribution in [0.15, 0.2) is 112 Å². The Hall–Kier alpha value is -4.55. The van der Waals surface area contributed by atoms with Gasteiger partial charge in [0.1, 0.15) is 18.8 Å². The van der Waals surface area contributed by atoms with E-state index in [9.17, 15) is 9.90 Å². The molecular formula is C31H26O6. The Bertz CT molecular complexity index is 1540. The minimum Gasteiger partial charge on any atom is -0.485 e. The largest absolute Gasteiger partial charge is 0.485 e. The maximum absolute atomic E-state index is 13.2. The third-order valence-electron chi connectivity index (χ3n) is 5.72. The minimum absolute atomic E-state index is 0.0688. The molecule has 0 bridgehead atoms. The maximum atomic E-state index is 13.2. The van der Waals surface area contributed by atoms with E-state index in [0.29, 0.717) is 41.2 Å². The lowest BCUT2D eigenvalue weighted by Crippen LogP contribution is -2.17. The molecule has 0 fully saturated rings. The summed E-state index contributed by atoms with van der Waals surface area (Å²) in [6.45, 7) is 2.13. The minimum atomic E-state index is -1.20. The van der Waals surface area contributed by atoms with E-state index in [1.165, 1.54) is 6.92 Å². The fourth-order valence-electron chi connectivity index (χ4n) is 3.94. The summed E-state index contributed by atoms with van der Waals surface area (Å²) in [6.07, 6.45) is -1.20. The fourth-order valence-corrected chi connectivity index (χ4v) is 3.94. The SMILES string of the molecule is CC(O)Oc1c(-c2ccc(OCc3ccccc3)c(OCc3ccccc3)c2)oc2ccccc2c1=O. The molecule has 5 rings (SSSR count). The van der Waals surface area contributed by atoms with E-state index in [0.717, 1.165) is 11.1 Å². The predicted octanol–water partition coefficient (Wildman–Crippen LogP) is 6.34. The van der Waals surface area contributed by atoms with E-state index in [4.69, 9.17) is 18.6 Å². The van der Waals surface area contributed by atoms with Crippen molar-refractivity contribution in [2.45, 2.75) is 26.4 Å². The van der Waals surface area contributed by atoms with Gasteiger partial charge in [0, 0.05) is 5.56 Å². The van der Waals surface area contributed by atoms with Crippen LogP contribution in [0, 0.1) is 0 Å². The molecule has 0 amide bonds. The van der Waals surface area contributed by atoms with Gasteiger partial charge in [0.25, 0.3) is 0 Å². The molecule has 186 valence electrons. The molecule has 0 spiro atoms. The second-order valence-electron chi connectivity index (χ2n) is 8.51. The van der Waals surface area contributed by atoms with Gasteiger partial charge in [-0.05, 0) is 48.4 Å². The Balaban J connectivity index is 1.56. The van der Waals surface area contributed by atoms with Gasteiger partial charge in [0.15, 0.2) is 23.5 Å². The van der Waals surface area contributed by atoms with Crippen LogP contribution in [0.25, 0.3) is 22.3 Å². The van der Waals surface area contributed by atoms with Crippen molar-refractivity contribution in [3.8, 4) is 28.6 Å². The Morgan fingerprint density at radius 1 is 0.757 bits per heavy atom. The lowest BCUT2D eigenvalue weighted by molar-refractivity contribution is -0.00160. The zero-order valence-electron chi connectivity index (χ0n) is 20.3. The summed E-state index contributed by atoms with van der Waals surface area (Å²) in [5.41, 5.74) is 2.62. The van der Waals surface area contributed by atoms with Crippen molar-refractivity contribution in [3.05, 3.63) is 124 Å². The number of hydrogen-bond acceptors (Lipinski definition) is 6. The maximum Gasteiger partial charge on any atom is 0.235 e. The Morgan fingerprint density at radius 3 is 2.00 bits per heavy atom. The van der Waals surface area contributed by atoms with E-state index >= 15 is 0 Å². The van der Waals surface area contributed by atoms with E-state index in [1.54, 1.807) is 42.5 Å². The highest BCUT2D eigenvalue weighted by atomic mass is 16.6. The van der Waals surface area contributed by atoms with E-state index in [2.05, 4.69) is 0 Å². The van der Waals surface area contributed by atoms with Gasteiger partial charge in [-0.15, -0.1) is 0 Å². The molecule has 37 heavy (non-hydrogen) atoms. The van der Waals surface area contributed by atoms with E-state index < -0.39 is 6.29 Å². The molecule has 6 heteroatoms. The number of benzene rings is 4. The summed E-state index contributed by atoms with van der Waals surface area (Å²) in [5.74, 6) is 1.16. The third-order valence-corrected chi connectivity index (χ3v) is 5.72. The first-order chi connectivity index (χ1) is 18.1. The lowest BCUT2D eigenvalue weighted by atomic mass is 10.1. The summed E-state index contributed by atoms with van der Waals surface area (Å²) in [6, 6.07) is 31.9. The van der Waals surface area contributed by atoms with E-state index in [1.807, 2.05) is 60.7 Å². The van der Waals surface area contributed by atoms with Gasteiger partial charge >= 0.3 is 0 Å². The molecule has 4 aromatic carbocycles. The second kappa shape index (κ2) is 11.0. The molecule has 1 unspecified atom stereocenters. The molecule has 0 radical (unpaired) electrons. The first kappa shape index (κ1) is 24.2. The highest BCUT2D eigenvalue weighted by Crippen LogP contribution is 2.38. The van der Waals surface area contributed by atoms with Crippen molar-refractivity contribution < 1.29 is 23.7 Å². The highest BCUT2D eigenvalue weighted by Gasteiger charge is 2.21. The second-order valence-corrected chi connectivity index (χ2v) is 8.51. The van der Waals surface area contributed by atoms with Gasteiger partial charge in [0.05, 0.1) is 5.39 Å². The topological polar surface area (TPSA) is 78.1 Å². The van der Waals surface area contributed by atoms with Crippen LogP contribution in [-0.4, -0.2) is 11.4 Å². The number of aliphatic hydroxyl groups is 1. The van der Waals surface area contributed by atoms with Crippen molar-refractivity contribution in [2.24, 2.45) is 0 Å². The third kappa shape index (κ3) is 5.66. The number of ether oxygens (including phenoxy) is 3. The van der Waals surface area contributed by atoms with Crippen molar-refractivity contribution in [1.82, 2.24) is 0 Å². The number of aliphatic hydroxyl groups excluding tert-OH is 1. The Kier molecular flexibility index (Phi) is 7.19. The number of para-hydroxylation sites is 1. The van der Waals surface area contributed by atoms with E-state index in [-0.39, 0.29) is 16.9 Å². The molecular weight excluding hydrogens is 468 g/mol. The van der Waals surface area contributed by atoms with Gasteiger partial charge in [-0.2, -0.15) is 0 Å². The molecule has 0 aliphatic rings. The standard InChI is InChI=1S/C31H26O6/c1-21(32)36-31-29(33)25-14-8-9-15-26(25)37-30(31)24-16-17-27(34-19-22-10-4-2-5-11-22)28(18-24)35-20-23-12-6-3-7-13-23/h2-18,21,32H,19-20H2,1H3. The first-order valence-electron chi connectivity index (χ1n) is 12.0. The quantitative estimate of drug-likeness (QED) is 0.241. The average molecular weight is 495 g/mol.